The Morgan fingerprint density at radius 3 is 2.18 bits per heavy atom. The van der Waals surface area contributed by atoms with Crippen molar-refractivity contribution >= 4 is 17.9 Å². The Hall–Kier alpha value is -3.15. The lowest BCUT2D eigenvalue weighted by atomic mass is 10.0. The van der Waals surface area contributed by atoms with Crippen molar-refractivity contribution in [1.29, 1.82) is 0 Å². The SMILES string of the molecule is Cc1cccc([C@H](CN2C(=O)c3ccccc3C2=O)NC(=O)OC(C)(C)C)c1. The van der Waals surface area contributed by atoms with Crippen LogP contribution in [0, 0.1) is 6.92 Å². The molecule has 2 aromatic rings. The van der Waals surface area contributed by atoms with Gasteiger partial charge in [-0.05, 0) is 45.4 Å². The molecule has 6 heteroatoms. The number of rotatable bonds is 4. The van der Waals surface area contributed by atoms with Gasteiger partial charge in [0.2, 0.25) is 0 Å². The van der Waals surface area contributed by atoms with E-state index in [2.05, 4.69) is 5.32 Å². The summed E-state index contributed by atoms with van der Waals surface area (Å²) < 4.78 is 5.36. The molecule has 3 rings (SSSR count). The maximum Gasteiger partial charge on any atom is 0.408 e. The predicted molar refractivity (Wildman–Crippen MR) is 105 cm³/mol. The Kier molecular flexibility index (Phi) is 5.23. The van der Waals surface area contributed by atoms with Gasteiger partial charge in [0.1, 0.15) is 5.60 Å². The molecule has 1 atom stereocenters. The third-order valence-corrected chi connectivity index (χ3v) is 4.38. The molecule has 3 amide bonds. The second kappa shape index (κ2) is 7.46. The molecule has 0 unspecified atom stereocenters. The van der Waals surface area contributed by atoms with Gasteiger partial charge >= 0.3 is 6.09 Å². The summed E-state index contributed by atoms with van der Waals surface area (Å²) in [6.45, 7) is 7.29. The number of carbonyl (C=O) groups is 3. The summed E-state index contributed by atoms with van der Waals surface area (Å²) in [5.74, 6) is -0.714. The van der Waals surface area contributed by atoms with Crippen LogP contribution in [0.25, 0.3) is 0 Å². The lowest BCUT2D eigenvalue weighted by Gasteiger charge is -2.26. The molecule has 0 aliphatic carbocycles. The molecule has 0 fully saturated rings. The number of alkyl carbamates (subject to hydrolysis) is 1. The smallest absolute Gasteiger partial charge is 0.408 e. The van der Waals surface area contributed by atoms with Crippen LogP contribution in [0.1, 0.15) is 58.7 Å². The molecule has 146 valence electrons. The van der Waals surface area contributed by atoms with Crippen molar-refractivity contribution in [2.75, 3.05) is 6.54 Å². The number of hydrogen-bond donors (Lipinski definition) is 1. The van der Waals surface area contributed by atoms with Crippen molar-refractivity contribution in [2.24, 2.45) is 0 Å². The van der Waals surface area contributed by atoms with E-state index in [4.69, 9.17) is 4.74 Å². The molecule has 2 aromatic carbocycles. The number of fused-ring (bicyclic) bond motifs is 1. The Morgan fingerprint density at radius 2 is 1.64 bits per heavy atom. The van der Waals surface area contributed by atoms with Crippen LogP contribution < -0.4 is 5.32 Å². The van der Waals surface area contributed by atoms with Gasteiger partial charge in [0.15, 0.2) is 0 Å². The molecule has 0 spiro atoms. The minimum atomic E-state index is -0.656. The molecule has 0 saturated carbocycles. The molecule has 1 aliphatic heterocycles. The topological polar surface area (TPSA) is 75.7 Å². The molecule has 1 N–H and O–H groups in total. The Balaban J connectivity index is 1.87. The Bertz CT molecular complexity index is 895. The van der Waals surface area contributed by atoms with E-state index in [1.807, 2.05) is 31.2 Å². The molecule has 6 nitrogen and oxygen atoms in total. The standard InChI is InChI=1S/C22H24N2O4/c1-14-8-7-9-15(12-14)18(23-21(27)28-22(2,3)4)13-24-19(25)16-10-5-6-11-17(16)20(24)26/h5-12,18H,13H2,1-4H3,(H,23,27)/t18-/m0/s1. The van der Waals surface area contributed by atoms with Gasteiger partial charge in [-0.1, -0.05) is 42.0 Å². The molecule has 0 bridgehead atoms. The molecule has 0 aromatic heterocycles. The van der Waals surface area contributed by atoms with Crippen LogP contribution in [0.3, 0.4) is 0 Å². The Labute approximate surface area is 164 Å². The fourth-order valence-electron chi connectivity index (χ4n) is 3.16. The number of nitrogens with zero attached hydrogens (tertiary/aromatic N) is 1. The molecule has 0 radical (unpaired) electrons. The quantitative estimate of drug-likeness (QED) is 0.818. The third kappa shape index (κ3) is 4.22. The fourth-order valence-corrected chi connectivity index (χ4v) is 3.16. The first-order valence-corrected chi connectivity index (χ1v) is 9.17. The number of hydrogen-bond acceptors (Lipinski definition) is 4. The molecule has 0 saturated heterocycles. The zero-order valence-corrected chi connectivity index (χ0v) is 16.5. The fraction of sp³-hybridized carbons (Fsp3) is 0.318. The number of imide groups is 1. The van der Waals surface area contributed by atoms with E-state index in [0.29, 0.717) is 11.1 Å². The maximum atomic E-state index is 12.7. The van der Waals surface area contributed by atoms with Crippen molar-refractivity contribution in [3.63, 3.8) is 0 Å². The van der Waals surface area contributed by atoms with Crippen LogP contribution in [0.2, 0.25) is 0 Å². The van der Waals surface area contributed by atoms with E-state index >= 15 is 0 Å². The first-order valence-electron chi connectivity index (χ1n) is 9.17. The molecule has 28 heavy (non-hydrogen) atoms. The lowest BCUT2D eigenvalue weighted by molar-refractivity contribution is 0.0467. The first-order chi connectivity index (χ1) is 13.2. The van der Waals surface area contributed by atoms with Crippen LogP contribution in [-0.4, -0.2) is 35.0 Å². The van der Waals surface area contributed by atoms with E-state index in [9.17, 15) is 14.4 Å². The van der Waals surface area contributed by atoms with Gasteiger partial charge in [0.25, 0.3) is 11.8 Å². The number of amides is 3. The van der Waals surface area contributed by atoms with E-state index in [-0.39, 0.29) is 18.4 Å². The van der Waals surface area contributed by atoms with Gasteiger partial charge in [0.05, 0.1) is 23.7 Å². The second-order valence-corrected chi connectivity index (χ2v) is 7.88. The van der Waals surface area contributed by atoms with Gasteiger partial charge in [-0.15, -0.1) is 0 Å². The summed E-state index contributed by atoms with van der Waals surface area (Å²) >= 11 is 0. The van der Waals surface area contributed by atoms with E-state index < -0.39 is 17.7 Å². The largest absolute Gasteiger partial charge is 0.444 e. The summed E-state index contributed by atoms with van der Waals surface area (Å²) in [4.78, 5) is 39.0. The summed E-state index contributed by atoms with van der Waals surface area (Å²) in [6, 6.07) is 13.7. The number of benzene rings is 2. The minimum Gasteiger partial charge on any atom is -0.444 e. The van der Waals surface area contributed by atoms with E-state index in [1.165, 1.54) is 4.90 Å². The molecular weight excluding hydrogens is 356 g/mol. The Morgan fingerprint density at radius 1 is 1.04 bits per heavy atom. The minimum absolute atomic E-state index is 0.0229. The molecule has 1 aliphatic rings. The van der Waals surface area contributed by atoms with E-state index in [0.717, 1.165) is 11.1 Å². The summed E-state index contributed by atoms with van der Waals surface area (Å²) in [6.07, 6.45) is -0.601. The van der Waals surface area contributed by atoms with Gasteiger partial charge in [-0.3, -0.25) is 14.5 Å². The number of nitrogens with one attached hydrogen (secondary N) is 1. The summed E-state index contributed by atoms with van der Waals surface area (Å²) in [5, 5.41) is 2.80. The predicted octanol–water partition coefficient (Wildman–Crippen LogP) is 3.86. The highest BCUT2D eigenvalue weighted by molar-refractivity contribution is 6.21. The average Bonchev–Trinajstić information content (AvgIpc) is 2.85. The molecular formula is C22H24N2O4. The zero-order chi connectivity index (χ0) is 20.5. The number of ether oxygens (including phenoxy) is 1. The van der Waals surface area contributed by atoms with Gasteiger partial charge in [-0.2, -0.15) is 0 Å². The van der Waals surface area contributed by atoms with Crippen molar-refractivity contribution in [2.45, 2.75) is 39.3 Å². The zero-order valence-electron chi connectivity index (χ0n) is 16.5. The summed E-state index contributed by atoms with van der Waals surface area (Å²) in [5.41, 5.74) is 1.91. The van der Waals surface area contributed by atoms with Crippen LogP contribution in [0.15, 0.2) is 48.5 Å². The maximum absolute atomic E-state index is 12.7. The highest BCUT2D eigenvalue weighted by Crippen LogP contribution is 2.26. The average molecular weight is 380 g/mol. The monoisotopic (exact) mass is 380 g/mol. The van der Waals surface area contributed by atoms with Crippen LogP contribution in [-0.2, 0) is 4.74 Å². The molecule has 1 heterocycles. The summed E-state index contributed by atoms with van der Waals surface area (Å²) in [7, 11) is 0. The van der Waals surface area contributed by atoms with Crippen molar-refractivity contribution in [3.05, 3.63) is 70.8 Å². The second-order valence-electron chi connectivity index (χ2n) is 7.88. The van der Waals surface area contributed by atoms with Gasteiger partial charge in [-0.25, -0.2) is 4.79 Å². The first kappa shape index (κ1) is 19.6. The van der Waals surface area contributed by atoms with Crippen molar-refractivity contribution in [1.82, 2.24) is 10.2 Å². The number of carbonyl (C=O) groups excluding carboxylic acids is 3. The third-order valence-electron chi connectivity index (χ3n) is 4.38. The van der Waals surface area contributed by atoms with E-state index in [1.54, 1.807) is 45.0 Å². The van der Waals surface area contributed by atoms with Crippen LogP contribution >= 0.6 is 0 Å². The van der Waals surface area contributed by atoms with Crippen molar-refractivity contribution in [3.8, 4) is 0 Å². The highest BCUT2D eigenvalue weighted by Gasteiger charge is 2.37. The van der Waals surface area contributed by atoms with Crippen LogP contribution in [0.4, 0.5) is 4.79 Å². The van der Waals surface area contributed by atoms with Gasteiger partial charge in [0, 0.05) is 0 Å². The number of aryl methyl sites for hydroxylation is 1. The normalized spacial score (nSPS) is 14.6. The van der Waals surface area contributed by atoms with Crippen molar-refractivity contribution < 1.29 is 19.1 Å². The van der Waals surface area contributed by atoms with Gasteiger partial charge < -0.3 is 10.1 Å². The van der Waals surface area contributed by atoms with Crippen LogP contribution in [0.5, 0.6) is 0 Å². The lowest BCUT2D eigenvalue weighted by Crippen LogP contribution is -2.42. The highest BCUT2D eigenvalue weighted by atomic mass is 16.6.